The molecule has 2 heteroatoms. The third kappa shape index (κ3) is 2.30. The highest BCUT2D eigenvalue weighted by Crippen LogP contribution is 2.30. The van der Waals surface area contributed by atoms with Crippen LogP contribution < -0.4 is 5.73 Å². The van der Waals surface area contributed by atoms with Gasteiger partial charge in [0.15, 0.2) is 0 Å². The summed E-state index contributed by atoms with van der Waals surface area (Å²) < 4.78 is 5.72. The molecule has 1 aliphatic heterocycles. The Bertz CT molecular complexity index is 452. The first-order valence-corrected chi connectivity index (χ1v) is 7.00. The first-order valence-electron chi connectivity index (χ1n) is 7.00. The van der Waals surface area contributed by atoms with Crippen molar-refractivity contribution in [2.45, 2.75) is 38.1 Å². The molecule has 0 spiro atoms. The van der Waals surface area contributed by atoms with Gasteiger partial charge in [0.2, 0.25) is 0 Å². The van der Waals surface area contributed by atoms with Crippen LogP contribution in [0.2, 0.25) is 0 Å². The van der Waals surface area contributed by atoms with Gasteiger partial charge in [-0.15, -0.1) is 0 Å². The lowest BCUT2D eigenvalue weighted by molar-refractivity contribution is 0.158. The zero-order valence-corrected chi connectivity index (χ0v) is 10.8. The van der Waals surface area contributed by atoms with Crippen LogP contribution in [0.4, 0.5) is 0 Å². The van der Waals surface area contributed by atoms with Crippen molar-refractivity contribution in [1.82, 2.24) is 0 Å². The van der Waals surface area contributed by atoms with Crippen molar-refractivity contribution in [3.05, 3.63) is 47.2 Å². The lowest BCUT2D eigenvalue weighted by atomic mass is 9.79. The van der Waals surface area contributed by atoms with Gasteiger partial charge in [-0.05, 0) is 55.2 Å². The molecule has 2 unspecified atom stereocenters. The molecule has 18 heavy (non-hydrogen) atoms. The fourth-order valence-electron chi connectivity index (χ4n) is 3.07. The molecule has 2 atom stereocenters. The summed E-state index contributed by atoms with van der Waals surface area (Å²) in [5.74, 6) is 1.56. The van der Waals surface area contributed by atoms with Gasteiger partial charge in [-0.25, -0.2) is 0 Å². The number of nitrogens with two attached hydrogens (primary N) is 1. The third-order valence-electron chi connectivity index (χ3n) is 4.18. The minimum Gasteiger partial charge on any atom is -0.497 e. The lowest BCUT2D eigenvalue weighted by Gasteiger charge is -2.31. The molecule has 0 aromatic heterocycles. The van der Waals surface area contributed by atoms with E-state index >= 15 is 0 Å². The van der Waals surface area contributed by atoms with E-state index in [-0.39, 0.29) is 6.04 Å². The highest BCUT2D eigenvalue weighted by molar-refractivity contribution is 5.30. The van der Waals surface area contributed by atoms with Crippen LogP contribution in [0, 0.1) is 5.92 Å². The van der Waals surface area contributed by atoms with Crippen LogP contribution in [0.1, 0.15) is 30.4 Å². The summed E-state index contributed by atoms with van der Waals surface area (Å²) in [6.45, 7) is 0.836. The van der Waals surface area contributed by atoms with E-state index < -0.39 is 0 Å². The Morgan fingerprint density at radius 1 is 1.22 bits per heavy atom. The molecule has 1 heterocycles. The molecular formula is C16H21NO. The Kier molecular flexibility index (Phi) is 3.37. The van der Waals surface area contributed by atoms with Crippen LogP contribution in [-0.4, -0.2) is 12.6 Å². The van der Waals surface area contributed by atoms with Crippen LogP contribution in [0.15, 0.2) is 36.1 Å². The molecule has 96 valence electrons. The SMILES string of the molecule is NC(C1=CCCCO1)C1CCc2ccccc2C1. The Morgan fingerprint density at radius 2 is 2.06 bits per heavy atom. The first kappa shape index (κ1) is 11.8. The molecule has 1 aromatic carbocycles. The van der Waals surface area contributed by atoms with Gasteiger partial charge in [0.05, 0.1) is 12.6 Å². The fraction of sp³-hybridized carbons (Fsp3) is 0.500. The molecule has 2 aliphatic rings. The first-order chi connectivity index (χ1) is 8.84. The summed E-state index contributed by atoms with van der Waals surface area (Å²) in [4.78, 5) is 0. The molecule has 3 rings (SSSR count). The summed E-state index contributed by atoms with van der Waals surface area (Å²) in [6, 6.07) is 8.82. The van der Waals surface area contributed by atoms with Crippen LogP contribution in [0.25, 0.3) is 0 Å². The smallest absolute Gasteiger partial charge is 0.109 e. The summed E-state index contributed by atoms with van der Waals surface area (Å²) in [7, 11) is 0. The second kappa shape index (κ2) is 5.15. The van der Waals surface area contributed by atoms with Gasteiger partial charge in [0, 0.05) is 0 Å². The Balaban J connectivity index is 1.73. The van der Waals surface area contributed by atoms with Gasteiger partial charge in [0.1, 0.15) is 5.76 Å². The molecule has 2 N–H and O–H groups in total. The number of ether oxygens (including phenoxy) is 1. The van der Waals surface area contributed by atoms with Crippen LogP contribution >= 0.6 is 0 Å². The van der Waals surface area contributed by atoms with Crippen LogP contribution in [0.3, 0.4) is 0 Å². The number of allylic oxidation sites excluding steroid dienone is 1. The van der Waals surface area contributed by atoms with Crippen LogP contribution in [0.5, 0.6) is 0 Å². The largest absolute Gasteiger partial charge is 0.497 e. The van der Waals surface area contributed by atoms with Crippen molar-refractivity contribution in [2.75, 3.05) is 6.61 Å². The van der Waals surface area contributed by atoms with E-state index in [2.05, 4.69) is 30.3 Å². The minimum atomic E-state index is 0.0821. The third-order valence-corrected chi connectivity index (χ3v) is 4.18. The fourth-order valence-corrected chi connectivity index (χ4v) is 3.07. The molecule has 1 aliphatic carbocycles. The minimum absolute atomic E-state index is 0.0821. The summed E-state index contributed by atoms with van der Waals surface area (Å²) in [5.41, 5.74) is 9.36. The van der Waals surface area contributed by atoms with Gasteiger partial charge in [-0.3, -0.25) is 0 Å². The van der Waals surface area contributed by atoms with Crippen molar-refractivity contribution < 1.29 is 4.74 Å². The van der Waals surface area contributed by atoms with E-state index in [0.29, 0.717) is 5.92 Å². The van der Waals surface area contributed by atoms with Gasteiger partial charge in [-0.2, -0.15) is 0 Å². The maximum absolute atomic E-state index is 6.39. The molecular weight excluding hydrogens is 222 g/mol. The zero-order valence-electron chi connectivity index (χ0n) is 10.8. The van der Waals surface area contributed by atoms with Crippen molar-refractivity contribution in [2.24, 2.45) is 11.7 Å². The van der Waals surface area contributed by atoms with Gasteiger partial charge in [0.25, 0.3) is 0 Å². The highest BCUT2D eigenvalue weighted by Gasteiger charge is 2.27. The van der Waals surface area contributed by atoms with Crippen molar-refractivity contribution in [3.63, 3.8) is 0 Å². The van der Waals surface area contributed by atoms with E-state index in [0.717, 1.165) is 38.0 Å². The predicted molar refractivity (Wildman–Crippen MR) is 73.2 cm³/mol. The second-order valence-electron chi connectivity index (χ2n) is 5.39. The standard InChI is InChI=1S/C16H21NO/c17-16(15-7-3-4-10-18-15)14-9-8-12-5-1-2-6-13(12)11-14/h1-2,5-7,14,16H,3-4,8-11,17H2. The number of fused-ring (bicyclic) bond motifs is 1. The zero-order chi connectivity index (χ0) is 12.4. The van der Waals surface area contributed by atoms with Crippen molar-refractivity contribution >= 4 is 0 Å². The van der Waals surface area contributed by atoms with Crippen molar-refractivity contribution in [1.29, 1.82) is 0 Å². The topological polar surface area (TPSA) is 35.2 Å². The molecule has 0 saturated heterocycles. The van der Waals surface area contributed by atoms with Gasteiger partial charge >= 0.3 is 0 Å². The lowest BCUT2D eigenvalue weighted by Crippen LogP contribution is -2.37. The number of hydrogen-bond donors (Lipinski definition) is 1. The van der Waals surface area contributed by atoms with E-state index in [4.69, 9.17) is 10.5 Å². The van der Waals surface area contributed by atoms with E-state index in [9.17, 15) is 0 Å². The van der Waals surface area contributed by atoms with Crippen LogP contribution in [-0.2, 0) is 17.6 Å². The monoisotopic (exact) mass is 243 g/mol. The average Bonchev–Trinajstić information content (AvgIpc) is 2.47. The molecule has 1 aromatic rings. The van der Waals surface area contributed by atoms with Gasteiger partial charge in [-0.1, -0.05) is 24.3 Å². The maximum Gasteiger partial charge on any atom is 0.109 e. The molecule has 0 amide bonds. The van der Waals surface area contributed by atoms with E-state index in [1.165, 1.54) is 17.5 Å². The van der Waals surface area contributed by atoms with Gasteiger partial charge < -0.3 is 10.5 Å². The number of rotatable bonds is 2. The Hall–Kier alpha value is -1.28. The number of hydrogen-bond acceptors (Lipinski definition) is 2. The summed E-state index contributed by atoms with van der Waals surface area (Å²) >= 11 is 0. The Labute approximate surface area is 109 Å². The number of benzene rings is 1. The second-order valence-corrected chi connectivity index (χ2v) is 5.39. The molecule has 0 bridgehead atoms. The Morgan fingerprint density at radius 3 is 2.83 bits per heavy atom. The highest BCUT2D eigenvalue weighted by atomic mass is 16.5. The molecule has 0 radical (unpaired) electrons. The normalized spacial score (nSPS) is 24.7. The predicted octanol–water partition coefficient (Wildman–Crippen LogP) is 2.81. The maximum atomic E-state index is 6.39. The quantitative estimate of drug-likeness (QED) is 0.867. The molecule has 2 nitrogen and oxygen atoms in total. The van der Waals surface area contributed by atoms with Crippen molar-refractivity contribution in [3.8, 4) is 0 Å². The van der Waals surface area contributed by atoms with E-state index in [1.807, 2.05) is 0 Å². The molecule has 0 fully saturated rings. The summed E-state index contributed by atoms with van der Waals surface area (Å²) in [6.07, 6.45) is 7.86. The van der Waals surface area contributed by atoms with E-state index in [1.54, 1.807) is 0 Å². The average molecular weight is 243 g/mol. The number of aryl methyl sites for hydroxylation is 1. The molecule has 0 saturated carbocycles. The summed E-state index contributed by atoms with van der Waals surface area (Å²) in [5, 5.41) is 0.